The van der Waals surface area contributed by atoms with Crippen LogP contribution in [0.3, 0.4) is 0 Å². The lowest BCUT2D eigenvalue weighted by molar-refractivity contribution is 0.415. The summed E-state index contributed by atoms with van der Waals surface area (Å²) in [7, 11) is 5.08. The molecular weight excluding hydrogens is 380 g/mol. The van der Waals surface area contributed by atoms with Crippen LogP contribution in [0.25, 0.3) is 32.0 Å². The Morgan fingerprint density at radius 3 is 1.62 bits per heavy atom. The molecule has 0 saturated heterocycles. The third-order valence-electron chi connectivity index (χ3n) is 4.80. The zero-order chi connectivity index (χ0) is 20.2. The summed E-state index contributed by atoms with van der Waals surface area (Å²) in [6.07, 6.45) is 0. The van der Waals surface area contributed by atoms with Crippen molar-refractivity contribution in [2.75, 3.05) is 21.3 Å². The van der Waals surface area contributed by atoms with Crippen LogP contribution in [0.1, 0.15) is 0 Å². The first kappa shape index (κ1) is 19.1. The second-order valence-electron chi connectivity index (χ2n) is 6.55. The second kappa shape index (κ2) is 8.41. The number of benzene rings is 3. The highest BCUT2D eigenvalue weighted by atomic mass is 32.1. The van der Waals surface area contributed by atoms with E-state index in [-0.39, 0.29) is 0 Å². The van der Waals surface area contributed by atoms with Crippen LogP contribution in [0.2, 0.25) is 0 Å². The third-order valence-corrected chi connectivity index (χ3v) is 6.03. The number of methoxy groups -OCH3 is 3. The summed E-state index contributed by atoms with van der Waals surface area (Å²) in [6.45, 7) is 0. The molecule has 29 heavy (non-hydrogen) atoms. The highest BCUT2D eigenvalue weighted by Crippen LogP contribution is 2.44. The average Bonchev–Trinajstić information content (AvgIpc) is 3.25. The van der Waals surface area contributed by atoms with E-state index in [2.05, 4.69) is 42.5 Å². The number of rotatable bonds is 6. The smallest absolute Gasteiger partial charge is 0.119 e. The lowest BCUT2D eigenvalue weighted by atomic mass is 10.0. The number of thiophene rings is 1. The predicted octanol–water partition coefficient (Wildman–Crippen LogP) is 6.77. The third kappa shape index (κ3) is 3.98. The standard InChI is InChI=1S/C25H22O3S/c1-26-20-10-4-7-17(13-20)23-16-24(18-8-5-11-21(14-18)27-2)29-25(23)19-9-6-12-22(15-19)28-3/h4-16H,1-3H3. The molecule has 0 amide bonds. The van der Waals surface area contributed by atoms with Crippen LogP contribution in [0.15, 0.2) is 78.9 Å². The minimum atomic E-state index is 0.841. The minimum absolute atomic E-state index is 0.841. The molecule has 0 radical (unpaired) electrons. The van der Waals surface area contributed by atoms with Gasteiger partial charge in [0.1, 0.15) is 17.2 Å². The van der Waals surface area contributed by atoms with Crippen LogP contribution in [-0.4, -0.2) is 21.3 Å². The van der Waals surface area contributed by atoms with E-state index < -0.39 is 0 Å². The Labute approximate surface area is 175 Å². The van der Waals surface area contributed by atoms with Crippen molar-refractivity contribution in [1.29, 1.82) is 0 Å². The van der Waals surface area contributed by atoms with Crippen molar-refractivity contribution in [3.8, 4) is 49.3 Å². The Kier molecular flexibility index (Phi) is 5.54. The monoisotopic (exact) mass is 402 g/mol. The van der Waals surface area contributed by atoms with Crippen molar-refractivity contribution in [2.45, 2.75) is 0 Å². The van der Waals surface area contributed by atoms with Gasteiger partial charge >= 0.3 is 0 Å². The zero-order valence-electron chi connectivity index (χ0n) is 16.6. The maximum atomic E-state index is 5.45. The van der Waals surface area contributed by atoms with Crippen molar-refractivity contribution in [1.82, 2.24) is 0 Å². The van der Waals surface area contributed by atoms with Gasteiger partial charge in [-0.25, -0.2) is 0 Å². The molecule has 0 N–H and O–H groups in total. The number of hydrogen-bond acceptors (Lipinski definition) is 4. The molecule has 0 bridgehead atoms. The topological polar surface area (TPSA) is 27.7 Å². The molecule has 0 aliphatic carbocycles. The summed E-state index contributed by atoms with van der Waals surface area (Å²) < 4.78 is 16.3. The van der Waals surface area contributed by atoms with Crippen LogP contribution >= 0.6 is 11.3 Å². The number of hydrogen-bond donors (Lipinski definition) is 0. The van der Waals surface area contributed by atoms with Gasteiger partial charge in [-0.3, -0.25) is 0 Å². The quantitative estimate of drug-likeness (QED) is 0.356. The largest absolute Gasteiger partial charge is 0.497 e. The molecular formula is C25H22O3S. The first-order valence-corrected chi connectivity index (χ1v) is 10.1. The van der Waals surface area contributed by atoms with E-state index in [1.165, 1.54) is 15.3 Å². The maximum absolute atomic E-state index is 5.45. The molecule has 0 aliphatic rings. The van der Waals surface area contributed by atoms with Gasteiger partial charge in [0.2, 0.25) is 0 Å². The molecule has 0 fully saturated rings. The summed E-state index contributed by atoms with van der Waals surface area (Å²) in [5.74, 6) is 2.53. The van der Waals surface area contributed by atoms with Crippen LogP contribution in [0.5, 0.6) is 17.2 Å². The lowest BCUT2D eigenvalue weighted by Gasteiger charge is -2.08. The van der Waals surface area contributed by atoms with Gasteiger partial charge in [-0.2, -0.15) is 0 Å². The van der Waals surface area contributed by atoms with Crippen molar-refractivity contribution in [2.24, 2.45) is 0 Å². The molecule has 3 nitrogen and oxygen atoms in total. The summed E-state index contributed by atoms with van der Waals surface area (Å²) >= 11 is 1.76. The van der Waals surface area contributed by atoms with Crippen molar-refractivity contribution in [3.63, 3.8) is 0 Å². The zero-order valence-corrected chi connectivity index (χ0v) is 17.5. The van der Waals surface area contributed by atoms with E-state index in [0.717, 1.165) is 33.9 Å². The molecule has 0 saturated carbocycles. The fourth-order valence-corrected chi connectivity index (χ4v) is 4.47. The normalized spacial score (nSPS) is 10.6. The summed E-state index contributed by atoms with van der Waals surface area (Å²) in [5.41, 5.74) is 4.54. The van der Waals surface area contributed by atoms with Crippen LogP contribution < -0.4 is 14.2 Å². The fourth-order valence-electron chi connectivity index (χ4n) is 3.29. The molecule has 0 spiro atoms. The molecule has 146 valence electrons. The lowest BCUT2D eigenvalue weighted by Crippen LogP contribution is -1.85. The maximum Gasteiger partial charge on any atom is 0.119 e. The molecule has 1 heterocycles. The van der Waals surface area contributed by atoms with E-state index in [1.54, 1.807) is 32.7 Å². The molecule has 0 atom stereocenters. The van der Waals surface area contributed by atoms with Crippen LogP contribution in [0, 0.1) is 0 Å². The van der Waals surface area contributed by atoms with Gasteiger partial charge < -0.3 is 14.2 Å². The van der Waals surface area contributed by atoms with E-state index >= 15 is 0 Å². The second-order valence-corrected chi connectivity index (χ2v) is 7.60. The summed E-state index contributed by atoms with van der Waals surface area (Å²) in [4.78, 5) is 2.37. The molecule has 0 aliphatic heterocycles. The number of ether oxygens (including phenoxy) is 3. The van der Waals surface area contributed by atoms with Gasteiger partial charge in [-0.15, -0.1) is 11.3 Å². The minimum Gasteiger partial charge on any atom is -0.497 e. The van der Waals surface area contributed by atoms with Crippen LogP contribution in [-0.2, 0) is 0 Å². The van der Waals surface area contributed by atoms with Gasteiger partial charge in [-0.1, -0.05) is 36.4 Å². The highest BCUT2D eigenvalue weighted by Gasteiger charge is 2.15. The van der Waals surface area contributed by atoms with Gasteiger partial charge in [-0.05, 0) is 59.2 Å². The van der Waals surface area contributed by atoms with E-state index in [1.807, 2.05) is 36.4 Å². The average molecular weight is 403 g/mol. The van der Waals surface area contributed by atoms with E-state index in [4.69, 9.17) is 14.2 Å². The van der Waals surface area contributed by atoms with Gasteiger partial charge in [0.15, 0.2) is 0 Å². The SMILES string of the molecule is COc1cccc(-c2cc(-c3cccc(OC)c3)c(-c3cccc(OC)c3)s2)c1. The molecule has 4 rings (SSSR count). The Morgan fingerprint density at radius 1 is 0.552 bits per heavy atom. The molecule has 4 aromatic rings. The summed E-state index contributed by atoms with van der Waals surface area (Å²) in [6, 6.07) is 26.7. The van der Waals surface area contributed by atoms with Crippen molar-refractivity contribution < 1.29 is 14.2 Å². The first-order valence-electron chi connectivity index (χ1n) is 9.29. The molecule has 0 unspecified atom stereocenters. The predicted molar refractivity (Wildman–Crippen MR) is 120 cm³/mol. The van der Waals surface area contributed by atoms with Crippen molar-refractivity contribution in [3.05, 3.63) is 78.9 Å². The fraction of sp³-hybridized carbons (Fsp3) is 0.120. The van der Waals surface area contributed by atoms with Gasteiger partial charge in [0.05, 0.1) is 21.3 Å². The first-order chi connectivity index (χ1) is 14.2. The van der Waals surface area contributed by atoms with Crippen molar-refractivity contribution >= 4 is 11.3 Å². The Morgan fingerprint density at radius 2 is 1.03 bits per heavy atom. The Bertz CT molecular complexity index is 1070. The molecule has 3 aromatic carbocycles. The highest BCUT2D eigenvalue weighted by molar-refractivity contribution is 7.19. The van der Waals surface area contributed by atoms with E-state index in [0.29, 0.717) is 0 Å². The van der Waals surface area contributed by atoms with E-state index in [9.17, 15) is 0 Å². The Hall–Kier alpha value is -3.24. The Balaban J connectivity index is 1.90. The van der Waals surface area contributed by atoms with Crippen LogP contribution in [0.4, 0.5) is 0 Å². The van der Waals surface area contributed by atoms with Gasteiger partial charge in [0.25, 0.3) is 0 Å². The summed E-state index contributed by atoms with van der Waals surface area (Å²) in [5, 5.41) is 0. The van der Waals surface area contributed by atoms with Gasteiger partial charge in [0, 0.05) is 15.3 Å². The molecule has 1 aromatic heterocycles. The molecule has 4 heteroatoms.